The Kier molecular flexibility index (Phi) is 11.5. The van der Waals surface area contributed by atoms with Gasteiger partial charge in [0.15, 0.2) is 0 Å². The predicted molar refractivity (Wildman–Crippen MR) is 165 cm³/mol. The second-order valence-corrected chi connectivity index (χ2v) is 11.7. The van der Waals surface area contributed by atoms with Crippen molar-refractivity contribution < 1.29 is 28.6 Å². The number of benzene rings is 2. The number of carbonyl (C=O) groups is 3. The molecule has 1 unspecified atom stereocenters. The maximum absolute atomic E-state index is 13.5. The third-order valence-corrected chi connectivity index (χ3v) is 8.68. The van der Waals surface area contributed by atoms with Gasteiger partial charge in [-0.1, -0.05) is 42.5 Å². The van der Waals surface area contributed by atoms with E-state index in [1.54, 1.807) is 0 Å². The SMILES string of the molecule is NCCOCCC(=O)NCCOc1cccc([C@@H](c2ccccc2)C2CCN(C(=O)N3CCC4OCC(=O)N[C@@H]4C3)CC2)c1. The van der Waals surface area contributed by atoms with Gasteiger partial charge in [-0.25, -0.2) is 4.79 Å². The highest BCUT2D eigenvalue weighted by atomic mass is 16.5. The van der Waals surface area contributed by atoms with Crippen LogP contribution in [-0.4, -0.2) is 105 Å². The highest BCUT2D eigenvalue weighted by Gasteiger charge is 2.38. The molecule has 11 heteroatoms. The predicted octanol–water partition coefficient (Wildman–Crippen LogP) is 2.10. The number of carbonyl (C=O) groups excluding carboxylic acids is 3. The van der Waals surface area contributed by atoms with Gasteiger partial charge in [-0.2, -0.15) is 0 Å². The largest absolute Gasteiger partial charge is 0.492 e. The summed E-state index contributed by atoms with van der Waals surface area (Å²) < 4.78 is 16.9. The van der Waals surface area contributed by atoms with Crippen LogP contribution in [0, 0.1) is 5.92 Å². The zero-order chi connectivity index (χ0) is 30.7. The van der Waals surface area contributed by atoms with Crippen LogP contribution in [0.2, 0.25) is 0 Å². The van der Waals surface area contributed by atoms with E-state index in [2.05, 4.69) is 47.0 Å². The fraction of sp³-hybridized carbons (Fsp3) is 0.545. The lowest BCUT2D eigenvalue weighted by Crippen LogP contribution is -2.62. The molecule has 3 atom stereocenters. The Morgan fingerprint density at radius 2 is 1.75 bits per heavy atom. The van der Waals surface area contributed by atoms with Gasteiger partial charge in [0, 0.05) is 45.1 Å². The molecule has 4 amide bonds. The van der Waals surface area contributed by atoms with Crippen molar-refractivity contribution in [2.45, 2.75) is 43.7 Å². The summed E-state index contributed by atoms with van der Waals surface area (Å²) in [6.07, 6.45) is 2.79. The van der Waals surface area contributed by atoms with Crippen LogP contribution in [0.1, 0.15) is 42.7 Å². The Morgan fingerprint density at radius 1 is 0.977 bits per heavy atom. The van der Waals surface area contributed by atoms with Crippen LogP contribution in [0.5, 0.6) is 5.75 Å². The Bertz CT molecular complexity index is 1240. The quantitative estimate of drug-likeness (QED) is 0.315. The number of nitrogens with one attached hydrogen (secondary N) is 2. The van der Waals surface area contributed by atoms with Crippen molar-refractivity contribution >= 4 is 17.8 Å². The molecule has 11 nitrogen and oxygen atoms in total. The molecular formula is C33H45N5O6. The second-order valence-electron chi connectivity index (χ2n) is 11.7. The molecule has 3 aliphatic heterocycles. The van der Waals surface area contributed by atoms with E-state index in [-0.39, 0.29) is 42.5 Å². The number of nitrogens with two attached hydrogens (primary N) is 1. The number of likely N-dealkylation sites (tertiary alicyclic amines) is 2. The lowest BCUT2D eigenvalue weighted by atomic mass is 9.76. The van der Waals surface area contributed by atoms with Gasteiger partial charge in [-0.15, -0.1) is 0 Å². The first-order valence-electron chi connectivity index (χ1n) is 15.8. The maximum Gasteiger partial charge on any atom is 0.320 e. The average Bonchev–Trinajstić information content (AvgIpc) is 3.05. The van der Waals surface area contributed by atoms with Crippen LogP contribution < -0.4 is 21.1 Å². The molecular weight excluding hydrogens is 562 g/mol. The lowest BCUT2D eigenvalue weighted by Gasteiger charge is -2.44. The molecule has 4 N–H and O–H groups in total. The van der Waals surface area contributed by atoms with Crippen molar-refractivity contribution in [2.75, 3.05) is 65.7 Å². The summed E-state index contributed by atoms with van der Waals surface area (Å²) in [5.41, 5.74) is 7.81. The molecule has 0 radical (unpaired) electrons. The molecule has 0 saturated carbocycles. The van der Waals surface area contributed by atoms with Gasteiger partial charge in [0.25, 0.3) is 0 Å². The standard InChI is InChI=1S/C33H45N5O6/c34-13-19-42-18-12-30(39)35-14-20-43-27-8-4-7-26(21-27)32(24-5-2-1-3-6-24)25-9-15-37(16-10-25)33(41)38-17-11-29-28(22-38)36-31(40)23-44-29/h1-8,21,25,28-29,32H,9-20,22-23,34H2,(H,35,39)(H,36,40)/t28-,29?,32+/m1/s1. The fourth-order valence-corrected chi connectivity index (χ4v) is 6.49. The second kappa shape index (κ2) is 15.9. The van der Waals surface area contributed by atoms with E-state index < -0.39 is 0 Å². The fourth-order valence-electron chi connectivity index (χ4n) is 6.49. The average molecular weight is 608 g/mol. The van der Waals surface area contributed by atoms with E-state index in [4.69, 9.17) is 19.9 Å². The summed E-state index contributed by atoms with van der Waals surface area (Å²) in [6, 6.07) is 18.6. The minimum atomic E-state index is -0.138. The molecule has 5 rings (SSSR count). The number of hydrogen-bond donors (Lipinski definition) is 3. The summed E-state index contributed by atoms with van der Waals surface area (Å²) in [4.78, 5) is 41.1. The van der Waals surface area contributed by atoms with Crippen molar-refractivity contribution in [3.8, 4) is 5.75 Å². The van der Waals surface area contributed by atoms with Crippen molar-refractivity contribution in [3.05, 3.63) is 65.7 Å². The highest BCUT2D eigenvalue weighted by molar-refractivity contribution is 5.79. The van der Waals surface area contributed by atoms with E-state index in [0.29, 0.717) is 71.4 Å². The molecule has 3 aliphatic rings. The summed E-state index contributed by atoms with van der Waals surface area (Å²) in [5.74, 6) is 1.09. The third-order valence-electron chi connectivity index (χ3n) is 8.68. The van der Waals surface area contributed by atoms with E-state index in [0.717, 1.165) is 25.0 Å². The molecule has 2 aromatic carbocycles. The zero-order valence-corrected chi connectivity index (χ0v) is 25.3. The Labute approximate surface area is 259 Å². The van der Waals surface area contributed by atoms with Crippen LogP contribution >= 0.6 is 0 Å². The summed E-state index contributed by atoms with van der Waals surface area (Å²) >= 11 is 0. The van der Waals surface area contributed by atoms with Gasteiger partial charge >= 0.3 is 6.03 Å². The van der Waals surface area contributed by atoms with Crippen molar-refractivity contribution in [1.29, 1.82) is 0 Å². The van der Waals surface area contributed by atoms with E-state index in [1.807, 2.05) is 28.0 Å². The van der Waals surface area contributed by atoms with Crippen molar-refractivity contribution in [2.24, 2.45) is 11.7 Å². The molecule has 238 valence electrons. The minimum Gasteiger partial charge on any atom is -0.492 e. The molecule has 44 heavy (non-hydrogen) atoms. The summed E-state index contributed by atoms with van der Waals surface area (Å²) in [6.45, 7) is 4.63. The normalized spacial score (nSPS) is 21.2. The van der Waals surface area contributed by atoms with Gasteiger partial charge in [-0.05, 0) is 48.4 Å². The molecule has 0 aromatic heterocycles. The number of urea groups is 1. The smallest absolute Gasteiger partial charge is 0.320 e. The highest BCUT2D eigenvalue weighted by Crippen LogP contribution is 2.39. The molecule has 3 fully saturated rings. The molecule has 0 spiro atoms. The summed E-state index contributed by atoms with van der Waals surface area (Å²) in [5, 5.41) is 5.85. The number of rotatable bonds is 12. The van der Waals surface area contributed by atoms with Gasteiger partial charge < -0.3 is 40.4 Å². The molecule has 0 bridgehead atoms. The molecule has 3 heterocycles. The van der Waals surface area contributed by atoms with E-state index in [9.17, 15) is 14.4 Å². The van der Waals surface area contributed by atoms with Crippen molar-refractivity contribution in [3.63, 3.8) is 0 Å². The number of morpholine rings is 1. The minimum absolute atomic E-state index is 0.0145. The maximum atomic E-state index is 13.5. The lowest BCUT2D eigenvalue weighted by molar-refractivity contribution is -0.139. The van der Waals surface area contributed by atoms with Gasteiger partial charge in [0.2, 0.25) is 11.8 Å². The van der Waals surface area contributed by atoms with Gasteiger partial charge in [0.05, 0.1) is 31.9 Å². The number of nitrogens with zero attached hydrogens (tertiary/aromatic N) is 2. The number of hydrogen-bond acceptors (Lipinski definition) is 7. The van der Waals surface area contributed by atoms with Crippen molar-refractivity contribution in [1.82, 2.24) is 20.4 Å². The van der Waals surface area contributed by atoms with Crippen LogP contribution in [-0.2, 0) is 19.1 Å². The van der Waals surface area contributed by atoms with E-state index in [1.165, 1.54) is 11.1 Å². The molecule has 2 aromatic rings. The van der Waals surface area contributed by atoms with Crippen LogP contribution in [0.3, 0.4) is 0 Å². The van der Waals surface area contributed by atoms with Gasteiger partial charge in [-0.3, -0.25) is 9.59 Å². The van der Waals surface area contributed by atoms with E-state index >= 15 is 0 Å². The monoisotopic (exact) mass is 607 g/mol. The first kappa shape index (κ1) is 31.7. The molecule has 3 saturated heterocycles. The first-order chi connectivity index (χ1) is 21.5. The topological polar surface area (TPSA) is 135 Å². The Balaban J connectivity index is 1.16. The molecule has 0 aliphatic carbocycles. The summed E-state index contributed by atoms with van der Waals surface area (Å²) in [7, 11) is 0. The number of ether oxygens (including phenoxy) is 3. The Morgan fingerprint density at radius 3 is 2.55 bits per heavy atom. The van der Waals surface area contributed by atoms with Crippen LogP contribution in [0.25, 0.3) is 0 Å². The number of piperidine rings is 2. The first-order valence-corrected chi connectivity index (χ1v) is 15.8. The zero-order valence-electron chi connectivity index (χ0n) is 25.3. The van der Waals surface area contributed by atoms with Gasteiger partial charge in [0.1, 0.15) is 19.0 Å². The number of fused-ring (bicyclic) bond motifs is 1. The van der Waals surface area contributed by atoms with Crippen LogP contribution in [0.4, 0.5) is 4.79 Å². The van der Waals surface area contributed by atoms with Crippen LogP contribution in [0.15, 0.2) is 54.6 Å². The Hall–Kier alpha value is -3.67. The number of amides is 4. The third kappa shape index (κ3) is 8.49.